The second-order valence-corrected chi connectivity index (χ2v) is 4.04. The molecule has 0 aromatic heterocycles. The molecular formula is C14H15NO5. The maximum Gasteiger partial charge on any atom is 0.338 e. The van der Waals surface area contributed by atoms with Crippen LogP contribution >= 0.6 is 0 Å². The van der Waals surface area contributed by atoms with Crippen molar-refractivity contribution in [3.05, 3.63) is 34.9 Å². The number of rotatable bonds is 6. The number of hydrogen-bond donors (Lipinski definition) is 2. The maximum absolute atomic E-state index is 11.7. The lowest BCUT2D eigenvalue weighted by Gasteiger charge is -2.13. The van der Waals surface area contributed by atoms with Gasteiger partial charge in [0, 0.05) is 12.0 Å². The summed E-state index contributed by atoms with van der Waals surface area (Å²) in [7, 11) is 0. The number of carbonyl (C=O) groups excluding carboxylic acids is 1. The highest BCUT2D eigenvalue weighted by Crippen LogP contribution is 2.22. The number of aliphatic hydroxyl groups excluding tert-OH is 1. The average Bonchev–Trinajstić information content (AvgIpc) is 2.44. The number of carboxylic acid groups (broad SMARTS) is 1. The Bertz CT molecular complexity index is 547. The number of nitriles is 1. The summed E-state index contributed by atoms with van der Waals surface area (Å²) in [6.07, 6.45) is -1.13. The van der Waals surface area contributed by atoms with Crippen molar-refractivity contribution in [1.82, 2.24) is 0 Å². The molecule has 6 heteroatoms. The van der Waals surface area contributed by atoms with Crippen LogP contribution in [0.3, 0.4) is 0 Å². The lowest BCUT2D eigenvalue weighted by molar-refractivity contribution is -0.146. The smallest absolute Gasteiger partial charge is 0.338 e. The van der Waals surface area contributed by atoms with Gasteiger partial charge in [0.2, 0.25) is 0 Å². The van der Waals surface area contributed by atoms with Crippen LogP contribution in [0.15, 0.2) is 18.2 Å². The van der Waals surface area contributed by atoms with Gasteiger partial charge >= 0.3 is 11.9 Å². The van der Waals surface area contributed by atoms with Crippen LogP contribution in [-0.2, 0) is 16.0 Å². The molecule has 0 aliphatic carbocycles. The first-order valence-electron chi connectivity index (χ1n) is 6.09. The highest BCUT2D eigenvalue weighted by atomic mass is 16.5. The SMILES string of the molecule is CCOC(=O)c1ccc(CCC#N)cc1C(O)C(=O)O. The van der Waals surface area contributed by atoms with E-state index >= 15 is 0 Å². The number of esters is 1. The summed E-state index contributed by atoms with van der Waals surface area (Å²) < 4.78 is 4.82. The van der Waals surface area contributed by atoms with Gasteiger partial charge in [0.1, 0.15) is 0 Å². The van der Waals surface area contributed by atoms with Gasteiger partial charge in [-0.05, 0) is 25.0 Å². The molecule has 20 heavy (non-hydrogen) atoms. The van der Waals surface area contributed by atoms with Crippen LogP contribution in [0.2, 0.25) is 0 Å². The van der Waals surface area contributed by atoms with Crippen LogP contribution in [0, 0.1) is 11.3 Å². The maximum atomic E-state index is 11.7. The molecular weight excluding hydrogens is 262 g/mol. The van der Waals surface area contributed by atoms with Gasteiger partial charge in [-0.3, -0.25) is 0 Å². The Hall–Kier alpha value is -2.39. The fourth-order valence-electron chi connectivity index (χ4n) is 1.72. The number of hydrogen-bond acceptors (Lipinski definition) is 5. The highest BCUT2D eigenvalue weighted by molar-refractivity contribution is 5.93. The molecule has 1 unspecified atom stereocenters. The molecule has 1 rings (SSSR count). The molecule has 0 saturated carbocycles. The number of carbonyl (C=O) groups is 2. The van der Waals surface area contributed by atoms with E-state index in [1.165, 1.54) is 12.1 Å². The van der Waals surface area contributed by atoms with Gasteiger partial charge in [0.15, 0.2) is 6.10 Å². The largest absolute Gasteiger partial charge is 0.479 e. The van der Waals surface area contributed by atoms with Crippen LogP contribution in [0.4, 0.5) is 0 Å². The minimum Gasteiger partial charge on any atom is -0.479 e. The van der Waals surface area contributed by atoms with E-state index in [4.69, 9.17) is 15.1 Å². The summed E-state index contributed by atoms with van der Waals surface area (Å²) in [5.41, 5.74) is 0.670. The second-order valence-electron chi connectivity index (χ2n) is 4.04. The quantitative estimate of drug-likeness (QED) is 0.762. The van der Waals surface area contributed by atoms with Gasteiger partial charge in [0.05, 0.1) is 18.2 Å². The molecule has 0 aliphatic heterocycles. The van der Waals surface area contributed by atoms with E-state index in [0.29, 0.717) is 12.0 Å². The van der Waals surface area contributed by atoms with Gasteiger partial charge in [-0.25, -0.2) is 9.59 Å². The third-order valence-electron chi connectivity index (χ3n) is 2.67. The first kappa shape index (κ1) is 15.7. The average molecular weight is 277 g/mol. The Morgan fingerprint density at radius 2 is 2.15 bits per heavy atom. The highest BCUT2D eigenvalue weighted by Gasteiger charge is 2.23. The summed E-state index contributed by atoms with van der Waals surface area (Å²) in [5.74, 6) is -2.14. The zero-order chi connectivity index (χ0) is 15.1. The first-order chi connectivity index (χ1) is 9.51. The van der Waals surface area contributed by atoms with Gasteiger partial charge in [-0.15, -0.1) is 0 Å². The van der Waals surface area contributed by atoms with Crippen LogP contribution in [0.5, 0.6) is 0 Å². The summed E-state index contributed by atoms with van der Waals surface area (Å²) in [6.45, 7) is 1.78. The molecule has 1 aromatic rings. The van der Waals surface area contributed by atoms with E-state index in [-0.39, 0.29) is 24.2 Å². The Kier molecular flexibility index (Phi) is 5.69. The molecule has 6 nitrogen and oxygen atoms in total. The van der Waals surface area contributed by atoms with Crippen LogP contribution in [0.25, 0.3) is 0 Å². The predicted octanol–water partition coefficient (Wildman–Crippen LogP) is 1.44. The lowest BCUT2D eigenvalue weighted by Crippen LogP contribution is -2.17. The topological polar surface area (TPSA) is 108 Å². The van der Waals surface area contributed by atoms with Crippen molar-refractivity contribution in [2.75, 3.05) is 6.61 Å². The van der Waals surface area contributed by atoms with Crippen molar-refractivity contribution in [2.24, 2.45) is 0 Å². The van der Waals surface area contributed by atoms with Crippen LogP contribution in [-0.4, -0.2) is 28.8 Å². The van der Waals surface area contributed by atoms with Gasteiger partial charge < -0.3 is 14.9 Å². The van der Waals surface area contributed by atoms with E-state index in [1.807, 2.05) is 6.07 Å². The zero-order valence-corrected chi connectivity index (χ0v) is 11.0. The Balaban J connectivity index is 3.19. The number of nitrogens with zero attached hydrogens (tertiary/aromatic N) is 1. The van der Waals surface area contributed by atoms with Crippen molar-refractivity contribution in [3.8, 4) is 6.07 Å². The molecule has 0 spiro atoms. The third kappa shape index (κ3) is 3.80. The first-order valence-corrected chi connectivity index (χ1v) is 6.09. The van der Waals surface area contributed by atoms with Crippen molar-refractivity contribution < 1.29 is 24.5 Å². The van der Waals surface area contributed by atoms with E-state index in [2.05, 4.69) is 0 Å². The summed E-state index contributed by atoms with van der Waals surface area (Å²) in [5, 5.41) is 27.1. The van der Waals surface area contributed by atoms with Gasteiger partial charge in [-0.2, -0.15) is 5.26 Å². The normalized spacial score (nSPS) is 11.4. The fourth-order valence-corrected chi connectivity index (χ4v) is 1.72. The summed E-state index contributed by atoms with van der Waals surface area (Å²) in [4.78, 5) is 22.6. The zero-order valence-electron chi connectivity index (χ0n) is 11.0. The van der Waals surface area contributed by atoms with Crippen LogP contribution in [0.1, 0.15) is 40.9 Å². The number of ether oxygens (including phenoxy) is 1. The third-order valence-corrected chi connectivity index (χ3v) is 2.67. The lowest BCUT2D eigenvalue weighted by atomic mass is 9.97. The Labute approximate surface area is 116 Å². The molecule has 0 radical (unpaired) electrons. The molecule has 0 heterocycles. The standard InChI is InChI=1S/C14H15NO5/c1-2-20-14(19)10-6-5-9(4-3-7-15)8-11(10)12(16)13(17)18/h5-6,8,12,16H,2-4H2,1H3,(H,17,18). The molecule has 0 fully saturated rings. The molecule has 1 atom stereocenters. The Morgan fingerprint density at radius 3 is 2.70 bits per heavy atom. The summed E-state index contributed by atoms with van der Waals surface area (Å²) in [6, 6.07) is 6.42. The molecule has 0 aliphatic rings. The van der Waals surface area contributed by atoms with Crippen molar-refractivity contribution in [1.29, 1.82) is 5.26 Å². The van der Waals surface area contributed by atoms with Crippen molar-refractivity contribution >= 4 is 11.9 Å². The Morgan fingerprint density at radius 1 is 1.45 bits per heavy atom. The fraction of sp³-hybridized carbons (Fsp3) is 0.357. The molecule has 0 saturated heterocycles. The minimum atomic E-state index is -1.81. The van der Waals surface area contributed by atoms with Gasteiger partial charge in [-0.1, -0.05) is 12.1 Å². The number of aliphatic carboxylic acids is 1. The van der Waals surface area contributed by atoms with Gasteiger partial charge in [0.25, 0.3) is 0 Å². The molecule has 106 valence electrons. The molecule has 0 bridgehead atoms. The summed E-state index contributed by atoms with van der Waals surface area (Å²) >= 11 is 0. The number of aliphatic hydroxyl groups is 1. The number of aryl methyl sites for hydroxylation is 1. The van der Waals surface area contributed by atoms with E-state index in [9.17, 15) is 14.7 Å². The second kappa shape index (κ2) is 7.26. The van der Waals surface area contributed by atoms with Crippen LogP contribution < -0.4 is 0 Å². The van der Waals surface area contributed by atoms with E-state index < -0.39 is 18.0 Å². The van der Waals surface area contributed by atoms with E-state index in [0.717, 1.165) is 0 Å². The van der Waals surface area contributed by atoms with Crippen molar-refractivity contribution in [2.45, 2.75) is 25.9 Å². The number of benzene rings is 1. The van der Waals surface area contributed by atoms with E-state index in [1.54, 1.807) is 13.0 Å². The molecule has 0 amide bonds. The van der Waals surface area contributed by atoms with Crippen molar-refractivity contribution in [3.63, 3.8) is 0 Å². The molecule has 1 aromatic carbocycles. The predicted molar refractivity (Wildman–Crippen MR) is 68.9 cm³/mol. The number of carboxylic acids is 1. The molecule has 2 N–H and O–H groups in total. The minimum absolute atomic E-state index is 0.0162. The monoisotopic (exact) mass is 277 g/mol.